The molecule has 0 aromatic heterocycles. The number of piperidine rings is 2. The fourth-order valence-electron chi connectivity index (χ4n) is 4.01. The van der Waals surface area contributed by atoms with Crippen LogP contribution in [0.25, 0.3) is 0 Å². The molecular formula is C20H29N3O2. The number of hydrogen-bond acceptors (Lipinski definition) is 3. The summed E-state index contributed by atoms with van der Waals surface area (Å²) in [5.41, 5.74) is 7.54. The van der Waals surface area contributed by atoms with Crippen molar-refractivity contribution in [1.82, 2.24) is 9.80 Å². The van der Waals surface area contributed by atoms with E-state index in [9.17, 15) is 9.59 Å². The van der Waals surface area contributed by atoms with E-state index in [2.05, 4.69) is 13.8 Å². The van der Waals surface area contributed by atoms with Gasteiger partial charge in [-0.1, -0.05) is 13.8 Å². The monoisotopic (exact) mass is 343 g/mol. The molecule has 2 atom stereocenters. The summed E-state index contributed by atoms with van der Waals surface area (Å²) >= 11 is 0. The highest BCUT2D eigenvalue weighted by Gasteiger charge is 2.25. The van der Waals surface area contributed by atoms with Gasteiger partial charge in [0, 0.05) is 43.0 Å². The number of carbonyl (C=O) groups excluding carboxylic acids is 2. The summed E-state index contributed by atoms with van der Waals surface area (Å²) in [6, 6.07) is 5.11. The number of anilines is 1. The van der Waals surface area contributed by atoms with E-state index in [4.69, 9.17) is 5.73 Å². The highest BCUT2D eigenvalue weighted by Crippen LogP contribution is 2.22. The van der Waals surface area contributed by atoms with E-state index >= 15 is 0 Å². The number of carbonyl (C=O) groups is 2. The van der Waals surface area contributed by atoms with Crippen molar-refractivity contribution in [2.45, 2.75) is 39.5 Å². The molecule has 0 radical (unpaired) electrons. The van der Waals surface area contributed by atoms with Gasteiger partial charge in [0.05, 0.1) is 0 Å². The number of hydrogen-bond donors (Lipinski definition) is 1. The molecule has 0 saturated carbocycles. The van der Waals surface area contributed by atoms with Gasteiger partial charge in [0.1, 0.15) is 0 Å². The maximum Gasteiger partial charge on any atom is 0.253 e. The van der Waals surface area contributed by atoms with Crippen molar-refractivity contribution in [3.63, 3.8) is 0 Å². The summed E-state index contributed by atoms with van der Waals surface area (Å²) < 4.78 is 0. The van der Waals surface area contributed by atoms with E-state index < -0.39 is 0 Å². The molecule has 2 saturated heterocycles. The Morgan fingerprint density at radius 3 is 1.72 bits per heavy atom. The van der Waals surface area contributed by atoms with Gasteiger partial charge in [0.25, 0.3) is 11.8 Å². The van der Waals surface area contributed by atoms with Crippen LogP contribution in [0.5, 0.6) is 0 Å². The molecule has 1 aromatic carbocycles. The molecule has 3 rings (SSSR count). The van der Waals surface area contributed by atoms with E-state index in [-0.39, 0.29) is 11.8 Å². The first-order chi connectivity index (χ1) is 11.9. The van der Waals surface area contributed by atoms with Crippen LogP contribution in [0.3, 0.4) is 0 Å². The minimum Gasteiger partial charge on any atom is -0.399 e. The highest BCUT2D eigenvalue weighted by atomic mass is 16.2. The first-order valence-corrected chi connectivity index (χ1v) is 9.43. The van der Waals surface area contributed by atoms with Crippen LogP contribution in [-0.4, -0.2) is 47.8 Å². The lowest BCUT2D eigenvalue weighted by molar-refractivity contribution is 0.0680. The molecule has 136 valence electrons. The quantitative estimate of drug-likeness (QED) is 0.840. The van der Waals surface area contributed by atoms with Crippen LogP contribution in [0.15, 0.2) is 18.2 Å². The Hall–Kier alpha value is -2.04. The summed E-state index contributed by atoms with van der Waals surface area (Å²) in [6.45, 7) is 7.47. The minimum atomic E-state index is -0.0140. The van der Waals surface area contributed by atoms with Crippen LogP contribution in [-0.2, 0) is 0 Å². The number of nitrogens with two attached hydrogens (primary N) is 1. The van der Waals surface area contributed by atoms with Crippen molar-refractivity contribution in [1.29, 1.82) is 0 Å². The van der Waals surface area contributed by atoms with E-state index in [1.165, 1.54) is 0 Å². The summed E-state index contributed by atoms with van der Waals surface area (Å²) in [6.07, 6.45) is 4.40. The van der Waals surface area contributed by atoms with Gasteiger partial charge in [-0.2, -0.15) is 0 Å². The maximum absolute atomic E-state index is 12.8. The molecule has 2 amide bonds. The summed E-state index contributed by atoms with van der Waals surface area (Å²) in [5.74, 6) is 1.02. The van der Waals surface area contributed by atoms with Crippen LogP contribution < -0.4 is 5.73 Å². The van der Waals surface area contributed by atoms with Crippen molar-refractivity contribution in [2.24, 2.45) is 11.8 Å². The first-order valence-electron chi connectivity index (χ1n) is 9.43. The van der Waals surface area contributed by atoms with E-state index in [1.54, 1.807) is 18.2 Å². The average molecular weight is 343 g/mol. The van der Waals surface area contributed by atoms with Crippen molar-refractivity contribution >= 4 is 17.5 Å². The Bertz CT molecular complexity index is 606. The zero-order chi connectivity index (χ0) is 18.0. The number of amides is 2. The first kappa shape index (κ1) is 17.8. The maximum atomic E-state index is 12.8. The molecule has 2 unspecified atom stereocenters. The molecule has 2 N–H and O–H groups in total. The zero-order valence-corrected chi connectivity index (χ0v) is 15.3. The van der Waals surface area contributed by atoms with E-state index in [1.807, 2.05) is 9.80 Å². The SMILES string of the molecule is CC1CCCN(C(=O)c2cc(N)cc(C(=O)N3CCCC(C)C3)c2)C1. The molecule has 2 heterocycles. The summed E-state index contributed by atoms with van der Waals surface area (Å²) in [7, 11) is 0. The summed E-state index contributed by atoms with van der Waals surface area (Å²) in [5, 5.41) is 0. The van der Waals surface area contributed by atoms with Gasteiger partial charge < -0.3 is 15.5 Å². The van der Waals surface area contributed by atoms with Crippen molar-refractivity contribution in [3.05, 3.63) is 29.3 Å². The van der Waals surface area contributed by atoms with Gasteiger partial charge >= 0.3 is 0 Å². The Kier molecular flexibility index (Phi) is 5.30. The number of likely N-dealkylation sites (tertiary alicyclic amines) is 2. The number of nitrogen functional groups attached to an aromatic ring is 1. The Morgan fingerprint density at radius 1 is 0.880 bits per heavy atom. The molecule has 0 aliphatic carbocycles. The van der Waals surface area contributed by atoms with Gasteiger partial charge in [-0.25, -0.2) is 0 Å². The fraction of sp³-hybridized carbons (Fsp3) is 0.600. The molecule has 5 nitrogen and oxygen atoms in total. The van der Waals surface area contributed by atoms with Crippen LogP contribution in [0.4, 0.5) is 5.69 Å². The molecule has 0 bridgehead atoms. The molecule has 5 heteroatoms. The Labute approximate surface area is 150 Å². The third kappa shape index (κ3) is 4.14. The average Bonchev–Trinajstić information content (AvgIpc) is 2.60. The lowest BCUT2D eigenvalue weighted by atomic mass is 9.98. The van der Waals surface area contributed by atoms with E-state index in [0.29, 0.717) is 28.7 Å². The predicted molar refractivity (Wildman–Crippen MR) is 99.5 cm³/mol. The van der Waals surface area contributed by atoms with Crippen LogP contribution >= 0.6 is 0 Å². The van der Waals surface area contributed by atoms with E-state index in [0.717, 1.165) is 51.9 Å². The summed E-state index contributed by atoms with van der Waals surface area (Å²) in [4.78, 5) is 29.5. The van der Waals surface area contributed by atoms with Gasteiger partial charge in [0.15, 0.2) is 0 Å². The molecule has 2 fully saturated rings. The molecule has 0 spiro atoms. The van der Waals surface area contributed by atoms with Crippen molar-refractivity contribution in [3.8, 4) is 0 Å². The number of rotatable bonds is 2. The third-order valence-electron chi connectivity index (χ3n) is 5.34. The molecule has 1 aromatic rings. The van der Waals surface area contributed by atoms with Crippen LogP contribution in [0.1, 0.15) is 60.2 Å². The second kappa shape index (κ2) is 7.46. The predicted octanol–water partition coefficient (Wildman–Crippen LogP) is 3.01. The van der Waals surface area contributed by atoms with Crippen molar-refractivity contribution in [2.75, 3.05) is 31.9 Å². The van der Waals surface area contributed by atoms with Gasteiger partial charge in [0.2, 0.25) is 0 Å². The molecule has 25 heavy (non-hydrogen) atoms. The standard InChI is InChI=1S/C20H29N3O2/c1-14-5-3-7-22(12-14)19(24)16-9-17(11-18(21)10-16)20(25)23-8-4-6-15(2)13-23/h9-11,14-15H,3-8,12-13,21H2,1-2H3. The third-order valence-corrected chi connectivity index (χ3v) is 5.34. The number of nitrogens with zero attached hydrogens (tertiary/aromatic N) is 2. The second-order valence-corrected chi connectivity index (χ2v) is 7.84. The topological polar surface area (TPSA) is 66.6 Å². The minimum absolute atomic E-state index is 0.0140. The molecular weight excluding hydrogens is 314 g/mol. The molecule has 2 aliphatic heterocycles. The second-order valence-electron chi connectivity index (χ2n) is 7.84. The Balaban J connectivity index is 1.80. The normalized spacial score (nSPS) is 24.2. The number of benzene rings is 1. The smallest absolute Gasteiger partial charge is 0.253 e. The zero-order valence-electron chi connectivity index (χ0n) is 15.3. The van der Waals surface area contributed by atoms with Crippen LogP contribution in [0.2, 0.25) is 0 Å². The highest BCUT2D eigenvalue weighted by molar-refractivity contribution is 6.01. The largest absolute Gasteiger partial charge is 0.399 e. The fourth-order valence-corrected chi connectivity index (χ4v) is 4.01. The lowest BCUT2D eigenvalue weighted by Gasteiger charge is -2.32. The van der Waals surface area contributed by atoms with Gasteiger partial charge in [-0.05, 0) is 55.7 Å². The van der Waals surface area contributed by atoms with Gasteiger partial charge in [-0.15, -0.1) is 0 Å². The Morgan fingerprint density at radius 2 is 1.32 bits per heavy atom. The van der Waals surface area contributed by atoms with Crippen molar-refractivity contribution < 1.29 is 9.59 Å². The lowest BCUT2D eigenvalue weighted by Crippen LogP contribution is -2.40. The van der Waals surface area contributed by atoms with Crippen LogP contribution in [0, 0.1) is 11.8 Å². The molecule has 2 aliphatic rings. The van der Waals surface area contributed by atoms with Gasteiger partial charge in [-0.3, -0.25) is 9.59 Å².